The fourth-order valence-corrected chi connectivity index (χ4v) is 0.760. The van der Waals surface area contributed by atoms with Crippen molar-refractivity contribution in [3.05, 3.63) is 0 Å². The molecule has 0 aromatic rings. The van der Waals surface area contributed by atoms with Crippen LogP contribution in [0.15, 0.2) is 0 Å². The van der Waals surface area contributed by atoms with Crippen molar-refractivity contribution in [1.29, 1.82) is 0 Å². The Morgan fingerprint density at radius 2 is 1.90 bits per heavy atom. The third kappa shape index (κ3) is 8.27. The summed E-state index contributed by atoms with van der Waals surface area (Å²) in [5.41, 5.74) is 5.17. The minimum Gasteiger partial charge on any atom is -0.382 e. The van der Waals surface area contributed by atoms with Gasteiger partial charge in [-0.25, -0.2) is 0 Å². The topological polar surface area (TPSA) is 53.7 Å². The van der Waals surface area contributed by atoms with Crippen LogP contribution in [0.1, 0.15) is 0 Å². The monoisotopic (exact) mass is 167 g/mol. The number of methoxy groups -OCH3 is 1. The molecule has 0 fully saturated rings. The first-order valence-corrected chi connectivity index (χ1v) is 3.91. The van der Waals surface area contributed by atoms with Crippen LogP contribution in [0.4, 0.5) is 0 Å². The lowest BCUT2D eigenvalue weighted by molar-refractivity contribution is 0.145. The van der Waals surface area contributed by atoms with E-state index in [9.17, 15) is 0 Å². The number of ether oxygens (including phenoxy) is 1. The van der Waals surface area contributed by atoms with Crippen molar-refractivity contribution in [2.45, 2.75) is 0 Å². The van der Waals surface area contributed by atoms with Gasteiger partial charge in [-0.05, 0) is 0 Å². The molecule has 1 unspecified atom stereocenters. The Balaban J connectivity index is 2.65. The van der Waals surface area contributed by atoms with E-state index in [1.807, 2.05) is 0 Å². The zero-order valence-corrected chi connectivity index (χ0v) is 7.13. The number of hydrogen-bond donors (Lipinski definition) is 1. The second-order valence-electron chi connectivity index (χ2n) is 1.56. The van der Waals surface area contributed by atoms with Crippen LogP contribution in [0.2, 0.25) is 0 Å². The lowest BCUT2D eigenvalue weighted by atomic mass is 10.8. The molecule has 0 aromatic carbocycles. The van der Waals surface area contributed by atoms with Gasteiger partial charge in [-0.15, -0.1) is 0 Å². The van der Waals surface area contributed by atoms with Crippen LogP contribution >= 0.6 is 9.03 Å². The molecule has 0 heterocycles. The van der Waals surface area contributed by atoms with Crippen LogP contribution in [0, 0.1) is 0 Å². The summed E-state index contributed by atoms with van der Waals surface area (Å²) in [6.07, 6.45) is 0. The summed E-state index contributed by atoms with van der Waals surface area (Å²) in [6.45, 7) is 2.30. The fourth-order valence-electron chi connectivity index (χ4n) is 0.309. The Kier molecular flexibility index (Phi) is 9.52. The van der Waals surface area contributed by atoms with Gasteiger partial charge in [0.05, 0.1) is 19.8 Å². The number of rotatable bonds is 7. The molecule has 0 saturated heterocycles. The summed E-state index contributed by atoms with van der Waals surface area (Å²) in [6, 6.07) is 0. The van der Waals surface area contributed by atoms with Gasteiger partial charge in [0.1, 0.15) is 0 Å². The van der Waals surface area contributed by atoms with Crippen molar-refractivity contribution in [2.75, 3.05) is 33.5 Å². The molecule has 5 heteroatoms. The number of nitrogens with two attached hydrogens (primary N) is 1. The Labute approximate surface area is 63.0 Å². The molecular formula is C5H14NO3P. The molecular weight excluding hydrogens is 153 g/mol. The van der Waals surface area contributed by atoms with E-state index in [0.29, 0.717) is 26.4 Å². The van der Waals surface area contributed by atoms with Gasteiger partial charge in [0.2, 0.25) is 0 Å². The van der Waals surface area contributed by atoms with E-state index in [-0.39, 0.29) is 9.03 Å². The van der Waals surface area contributed by atoms with Crippen LogP contribution < -0.4 is 5.73 Å². The SMILES string of the molecule is COCCOPOCCN. The normalized spacial score (nSPS) is 11.4. The molecule has 0 radical (unpaired) electrons. The smallest absolute Gasteiger partial charge is 0.155 e. The average molecular weight is 167 g/mol. The molecule has 0 aromatic heterocycles. The predicted molar refractivity (Wildman–Crippen MR) is 41.1 cm³/mol. The van der Waals surface area contributed by atoms with Crippen LogP contribution in [0.3, 0.4) is 0 Å². The molecule has 10 heavy (non-hydrogen) atoms. The van der Waals surface area contributed by atoms with Gasteiger partial charge >= 0.3 is 0 Å². The van der Waals surface area contributed by atoms with Crippen LogP contribution in [-0.2, 0) is 13.8 Å². The summed E-state index contributed by atoms with van der Waals surface area (Å²) < 4.78 is 14.7. The highest BCUT2D eigenvalue weighted by atomic mass is 31.1. The minimum absolute atomic E-state index is 0.0889. The molecule has 0 aliphatic carbocycles. The largest absolute Gasteiger partial charge is 0.382 e. The van der Waals surface area contributed by atoms with Crippen molar-refractivity contribution in [2.24, 2.45) is 5.73 Å². The summed E-state index contributed by atoms with van der Waals surface area (Å²) in [5.74, 6) is 0. The van der Waals surface area contributed by atoms with Crippen LogP contribution in [-0.4, -0.2) is 33.5 Å². The lowest BCUT2D eigenvalue weighted by Gasteiger charge is -2.01. The van der Waals surface area contributed by atoms with Crippen molar-refractivity contribution < 1.29 is 13.8 Å². The van der Waals surface area contributed by atoms with Crippen molar-refractivity contribution >= 4 is 9.03 Å². The lowest BCUT2D eigenvalue weighted by Crippen LogP contribution is -2.05. The van der Waals surface area contributed by atoms with Crippen molar-refractivity contribution in [1.82, 2.24) is 0 Å². The van der Waals surface area contributed by atoms with Gasteiger partial charge in [-0.2, -0.15) is 0 Å². The van der Waals surface area contributed by atoms with E-state index in [1.165, 1.54) is 0 Å². The van der Waals surface area contributed by atoms with E-state index in [1.54, 1.807) is 7.11 Å². The van der Waals surface area contributed by atoms with Crippen LogP contribution in [0.25, 0.3) is 0 Å². The molecule has 0 saturated carbocycles. The standard InChI is InChI=1S/C5H14NO3P/c1-7-4-5-9-10-8-3-2-6/h10H,2-6H2,1H3. The molecule has 1 atom stereocenters. The van der Waals surface area contributed by atoms with Gasteiger partial charge in [-0.3, -0.25) is 0 Å². The molecule has 2 N–H and O–H groups in total. The maximum atomic E-state index is 5.17. The van der Waals surface area contributed by atoms with E-state index in [2.05, 4.69) is 0 Å². The minimum atomic E-state index is 0.0889. The highest BCUT2D eigenvalue weighted by molar-refractivity contribution is 7.26. The molecule has 0 rings (SSSR count). The van der Waals surface area contributed by atoms with E-state index >= 15 is 0 Å². The Morgan fingerprint density at radius 1 is 1.20 bits per heavy atom. The fraction of sp³-hybridized carbons (Fsp3) is 1.00. The van der Waals surface area contributed by atoms with E-state index < -0.39 is 0 Å². The molecule has 0 amide bonds. The zero-order valence-electron chi connectivity index (χ0n) is 6.13. The van der Waals surface area contributed by atoms with Gasteiger partial charge in [0.15, 0.2) is 9.03 Å². The predicted octanol–water partition coefficient (Wildman–Crippen LogP) is 0.133. The van der Waals surface area contributed by atoms with Gasteiger partial charge in [0, 0.05) is 13.7 Å². The van der Waals surface area contributed by atoms with E-state index in [4.69, 9.17) is 19.5 Å². The third-order valence-electron chi connectivity index (χ3n) is 0.727. The number of hydrogen-bond acceptors (Lipinski definition) is 4. The molecule has 0 spiro atoms. The van der Waals surface area contributed by atoms with Gasteiger partial charge in [-0.1, -0.05) is 0 Å². The third-order valence-corrected chi connectivity index (χ3v) is 1.37. The molecule has 4 nitrogen and oxygen atoms in total. The first-order valence-electron chi connectivity index (χ1n) is 3.09. The maximum Gasteiger partial charge on any atom is 0.155 e. The van der Waals surface area contributed by atoms with Crippen molar-refractivity contribution in [3.8, 4) is 0 Å². The molecule has 0 aliphatic rings. The summed E-state index contributed by atoms with van der Waals surface area (Å²) in [4.78, 5) is 0. The molecule has 0 aliphatic heterocycles. The Bertz CT molecular complexity index is 56.9. The average Bonchev–Trinajstić information content (AvgIpc) is 1.97. The molecule has 62 valence electrons. The zero-order chi connectivity index (χ0) is 7.66. The Hall–Kier alpha value is 0.270. The van der Waals surface area contributed by atoms with Gasteiger partial charge in [0.25, 0.3) is 0 Å². The van der Waals surface area contributed by atoms with E-state index in [0.717, 1.165) is 0 Å². The summed E-state index contributed by atoms with van der Waals surface area (Å²) in [7, 11) is 1.72. The maximum absolute atomic E-state index is 5.17. The summed E-state index contributed by atoms with van der Waals surface area (Å²) >= 11 is 0. The summed E-state index contributed by atoms with van der Waals surface area (Å²) in [5, 5.41) is 0. The first-order chi connectivity index (χ1) is 4.91. The van der Waals surface area contributed by atoms with Crippen molar-refractivity contribution in [3.63, 3.8) is 0 Å². The van der Waals surface area contributed by atoms with Gasteiger partial charge < -0.3 is 19.5 Å². The highest BCUT2D eigenvalue weighted by Gasteiger charge is 1.86. The highest BCUT2D eigenvalue weighted by Crippen LogP contribution is 2.11. The Morgan fingerprint density at radius 3 is 2.50 bits per heavy atom. The van der Waals surface area contributed by atoms with Crippen LogP contribution in [0.5, 0.6) is 0 Å². The second-order valence-corrected chi connectivity index (χ2v) is 2.31. The second kappa shape index (κ2) is 9.27. The molecule has 0 bridgehead atoms. The quantitative estimate of drug-likeness (QED) is 0.432. The first kappa shape index (κ1) is 10.3.